The molecule has 0 unspecified atom stereocenters. The molecule has 15 heavy (non-hydrogen) atoms. The van der Waals surface area contributed by atoms with E-state index in [9.17, 15) is 4.79 Å². The van der Waals surface area contributed by atoms with Gasteiger partial charge < -0.3 is 15.1 Å². The van der Waals surface area contributed by atoms with Gasteiger partial charge in [0, 0.05) is 6.21 Å². The largest absolute Gasteiger partial charge is 0.407 e. The van der Waals surface area contributed by atoms with Crippen molar-refractivity contribution in [3.8, 4) is 0 Å². The van der Waals surface area contributed by atoms with Gasteiger partial charge in [0.05, 0.1) is 5.78 Å². The second-order valence-corrected chi connectivity index (χ2v) is 3.33. The monoisotopic (exact) mass is 201 g/mol. The van der Waals surface area contributed by atoms with Crippen molar-refractivity contribution in [3.63, 3.8) is 0 Å². The van der Waals surface area contributed by atoms with Crippen LogP contribution >= 0.6 is 0 Å². The fraction of sp³-hybridized carbons (Fsp3) is 0.333. The van der Waals surface area contributed by atoms with Gasteiger partial charge in [-0.15, -0.1) is 0 Å². The Morgan fingerprint density at radius 3 is 2.67 bits per heavy atom. The summed E-state index contributed by atoms with van der Waals surface area (Å²) in [5.74, 6) is -0.245. The van der Waals surface area contributed by atoms with Gasteiger partial charge >= 0.3 is 0 Å². The Hall–Kier alpha value is -1.73. The molecule has 0 spiro atoms. The molecule has 0 atom stereocenters. The number of rotatable bonds is 6. The smallest absolute Gasteiger partial charge is 0.0566 e. The van der Waals surface area contributed by atoms with Crippen LogP contribution in [0.4, 0.5) is 0 Å². The van der Waals surface area contributed by atoms with Crippen LogP contribution in [-0.4, -0.2) is 16.8 Å². The molecule has 0 saturated heterocycles. The molecular formula is C12H13N2O-. The molecule has 0 heterocycles. The van der Waals surface area contributed by atoms with Crippen molar-refractivity contribution in [1.82, 2.24) is 0 Å². The number of hydrogen-bond acceptors (Lipinski definition) is 1. The highest BCUT2D eigenvalue weighted by atomic mass is 16.1. The number of hydrogen-bond donors (Lipinski definition) is 0. The molecule has 3 heteroatoms. The summed E-state index contributed by atoms with van der Waals surface area (Å²) in [5, 5.41) is 0. The molecule has 0 N–H and O–H groups in total. The highest BCUT2D eigenvalue weighted by Gasteiger charge is 1.94. The lowest BCUT2D eigenvalue weighted by Gasteiger charge is -2.00. The highest BCUT2D eigenvalue weighted by Crippen LogP contribution is 2.05. The number of nitrogens with zero attached hydrogens (tertiary/aromatic N) is 2. The maximum atomic E-state index is 10.9. The van der Waals surface area contributed by atoms with E-state index in [0.717, 1.165) is 19.3 Å². The van der Waals surface area contributed by atoms with Crippen LogP contribution in [0.2, 0.25) is 0 Å². The fourth-order valence-corrected chi connectivity index (χ4v) is 1.37. The Morgan fingerprint density at radius 2 is 2.00 bits per heavy atom. The quantitative estimate of drug-likeness (QED) is 0.229. The zero-order valence-corrected chi connectivity index (χ0v) is 8.52. The molecule has 0 aliphatic carbocycles. The third-order valence-electron chi connectivity index (χ3n) is 2.14. The number of carbonyl (C=O) groups excluding carboxylic acids is 1. The van der Waals surface area contributed by atoms with Crippen molar-refractivity contribution in [2.24, 2.45) is 0 Å². The van der Waals surface area contributed by atoms with E-state index in [4.69, 9.17) is 5.53 Å². The standard InChI is InChI=1S/C12H13N2O/c13-14-10-12(15)9-5-4-8-11-6-2-1-3-7-11/h1-3,6-7H,4-5,8-9H2/q-1. The Kier molecular flexibility index (Phi) is 5.06. The van der Waals surface area contributed by atoms with Gasteiger partial charge in [0.1, 0.15) is 0 Å². The lowest BCUT2D eigenvalue weighted by atomic mass is 10.1. The normalized spacial score (nSPS) is 9.33. The molecule has 0 saturated carbocycles. The first-order valence-corrected chi connectivity index (χ1v) is 5.00. The van der Waals surface area contributed by atoms with E-state index in [0.29, 0.717) is 6.42 Å². The zero-order chi connectivity index (χ0) is 10.9. The Bertz CT molecular complexity index is 353. The Balaban J connectivity index is 2.17. The molecule has 0 radical (unpaired) electrons. The van der Waals surface area contributed by atoms with Gasteiger partial charge in [-0.1, -0.05) is 30.3 Å². The Morgan fingerprint density at radius 1 is 1.27 bits per heavy atom. The van der Waals surface area contributed by atoms with E-state index in [1.54, 1.807) is 0 Å². The summed E-state index contributed by atoms with van der Waals surface area (Å²) >= 11 is 0. The maximum Gasteiger partial charge on any atom is 0.0566 e. The molecule has 0 aliphatic rings. The van der Waals surface area contributed by atoms with Crippen molar-refractivity contribution in [2.45, 2.75) is 25.7 Å². The van der Waals surface area contributed by atoms with E-state index >= 15 is 0 Å². The van der Waals surface area contributed by atoms with Crippen LogP contribution in [-0.2, 0) is 11.2 Å². The van der Waals surface area contributed by atoms with Crippen LogP contribution in [0.5, 0.6) is 0 Å². The van der Waals surface area contributed by atoms with Crippen LogP contribution < -0.4 is 0 Å². The molecule has 78 valence electrons. The van der Waals surface area contributed by atoms with E-state index < -0.39 is 0 Å². The van der Waals surface area contributed by atoms with Gasteiger partial charge in [-0.25, -0.2) is 0 Å². The molecule has 0 amide bonds. The number of aryl methyl sites for hydroxylation is 1. The van der Waals surface area contributed by atoms with Gasteiger partial charge in [0.25, 0.3) is 0 Å². The van der Waals surface area contributed by atoms with E-state index in [1.807, 2.05) is 24.4 Å². The summed E-state index contributed by atoms with van der Waals surface area (Å²) in [4.78, 5) is 13.5. The summed E-state index contributed by atoms with van der Waals surface area (Å²) in [6, 6.07) is 10.1. The third-order valence-corrected chi connectivity index (χ3v) is 2.14. The van der Waals surface area contributed by atoms with Gasteiger partial charge in [0.2, 0.25) is 0 Å². The lowest BCUT2D eigenvalue weighted by Crippen LogP contribution is -1.99. The highest BCUT2D eigenvalue weighted by molar-refractivity contribution is 6.25. The molecule has 0 fully saturated rings. The average molecular weight is 201 g/mol. The number of unbranched alkanes of at least 4 members (excludes halogenated alkanes) is 1. The minimum absolute atomic E-state index is 0.245. The van der Waals surface area contributed by atoms with E-state index in [-0.39, 0.29) is 5.78 Å². The fourth-order valence-electron chi connectivity index (χ4n) is 1.37. The average Bonchev–Trinajstić information content (AvgIpc) is 2.26. The minimum atomic E-state index is -0.245. The molecule has 1 aromatic carbocycles. The summed E-state index contributed by atoms with van der Waals surface area (Å²) in [6.07, 6.45) is 5.13. The van der Waals surface area contributed by atoms with Gasteiger partial charge in [-0.2, -0.15) is 0 Å². The number of Topliss-reactive ketones (excluding diaryl/α,β-unsaturated/α-hetero) is 1. The van der Waals surface area contributed by atoms with Crippen LogP contribution in [0, 0.1) is 0 Å². The first kappa shape index (κ1) is 11.3. The first-order chi connectivity index (χ1) is 7.33. The summed E-state index contributed by atoms with van der Waals surface area (Å²) in [6.45, 7) is 0. The second kappa shape index (κ2) is 6.68. The molecular weight excluding hydrogens is 188 g/mol. The number of ketones is 1. The topological polar surface area (TPSA) is 53.5 Å². The number of benzene rings is 1. The number of carbonyl (C=O) groups is 1. The van der Waals surface area contributed by atoms with Crippen LogP contribution in [0.3, 0.4) is 0 Å². The third kappa shape index (κ3) is 4.89. The Labute approximate surface area is 89.4 Å². The first-order valence-electron chi connectivity index (χ1n) is 5.00. The molecule has 0 aromatic heterocycles. The predicted octanol–water partition coefficient (Wildman–Crippen LogP) is 2.15. The van der Waals surface area contributed by atoms with Crippen molar-refractivity contribution in [1.29, 1.82) is 0 Å². The van der Waals surface area contributed by atoms with Crippen molar-refractivity contribution >= 4 is 12.0 Å². The van der Waals surface area contributed by atoms with Gasteiger partial charge in [-0.05, 0) is 31.2 Å². The van der Waals surface area contributed by atoms with E-state index in [2.05, 4.69) is 16.9 Å². The zero-order valence-electron chi connectivity index (χ0n) is 8.52. The minimum Gasteiger partial charge on any atom is -0.407 e. The van der Waals surface area contributed by atoms with Crippen molar-refractivity contribution in [3.05, 3.63) is 41.4 Å². The molecule has 1 rings (SSSR count). The summed E-state index contributed by atoms with van der Waals surface area (Å²) in [7, 11) is 0. The summed E-state index contributed by atoms with van der Waals surface area (Å²) in [5.41, 5.74) is 9.35. The molecule has 0 aliphatic heterocycles. The van der Waals surface area contributed by atoms with Gasteiger partial charge in [0.15, 0.2) is 0 Å². The second-order valence-electron chi connectivity index (χ2n) is 3.33. The molecule has 0 bridgehead atoms. The van der Waals surface area contributed by atoms with Crippen molar-refractivity contribution in [2.75, 3.05) is 0 Å². The molecule has 1 aromatic rings. The molecule has 3 nitrogen and oxygen atoms in total. The lowest BCUT2D eigenvalue weighted by molar-refractivity contribution is -0.116. The summed E-state index contributed by atoms with van der Waals surface area (Å²) < 4.78 is 0. The van der Waals surface area contributed by atoms with Crippen LogP contribution in [0.15, 0.2) is 30.3 Å². The SMILES string of the molecule is [N-]=[N+]=[C-]C(=O)CCCCc1ccccc1. The van der Waals surface area contributed by atoms with Crippen LogP contribution in [0.1, 0.15) is 24.8 Å². The predicted molar refractivity (Wildman–Crippen MR) is 57.6 cm³/mol. The van der Waals surface area contributed by atoms with Crippen LogP contribution in [0.25, 0.3) is 5.53 Å². The van der Waals surface area contributed by atoms with Gasteiger partial charge in [-0.3, -0.25) is 0 Å². The maximum absolute atomic E-state index is 10.9. The van der Waals surface area contributed by atoms with E-state index in [1.165, 1.54) is 5.56 Å². The van der Waals surface area contributed by atoms with Crippen molar-refractivity contribution < 1.29 is 9.58 Å².